The summed E-state index contributed by atoms with van der Waals surface area (Å²) in [4.78, 5) is 14.4. The Morgan fingerprint density at radius 2 is 2.05 bits per heavy atom. The molecule has 20 heavy (non-hydrogen) atoms. The highest BCUT2D eigenvalue weighted by atomic mass is 16.5. The topological polar surface area (TPSA) is 55.6 Å². The van der Waals surface area contributed by atoms with Crippen molar-refractivity contribution in [3.8, 4) is 5.75 Å². The average molecular weight is 276 g/mol. The molecule has 2 unspecified atom stereocenters. The minimum atomic E-state index is 0.0191. The Kier molecular flexibility index (Phi) is 4.65. The van der Waals surface area contributed by atoms with Crippen LogP contribution in [0, 0.1) is 6.92 Å². The van der Waals surface area contributed by atoms with Gasteiger partial charge in [-0.25, -0.2) is 0 Å². The normalized spacial score (nSPS) is 22.4. The van der Waals surface area contributed by atoms with Crippen molar-refractivity contribution in [2.45, 2.75) is 44.7 Å². The number of aryl methyl sites for hydroxylation is 1. The zero-order valence-corrected chi connectivity index (χ0v) is 12.6. The number of hydrogen-bond acceptors (Lipinski definition) is 3. The standard InChI is InChI=1S/C16H24N2O2/c1-11-8-9-12(10-15(11)20-3)16(19)18(2)14-7-5-4-6-13(14)17/h8-10,13-14H,4-7,17H2,1-3H3. The highest BCUT2D eigenvalue weighted by molar-refractivity contribution is 5.94. The maximum Gasteiger partial charge on any atom is 0.254 e. The largest absolute Gasteiger partial charge is 0.496 e. The van der Waals surface area contributed by atoms with Crippen LogP contribution in [-0.2, 0) is 0 Å². The van der Waals surface area contributed by atoms with Gasteiger partial charge in [0.05, 0.1) is 7.11 Å². The van der Waals surface area contributed by atoms with Crippen LogP contribution >= 0.6 is 0 Å². The third-order valence-corrected chi connectivity index (χ3v) is 4.25. The van der Waals surface area contributed by atoms with Crippen LogP contribution in [0.4, 0.5) is 0 Å². The number of benzene rings is 1. The van der Waals surface area contributed by atoms with Gasteiger partial charge in [-0.3, -0.25) is 4.79 Å². The van der Waals surface area contributed by atoms with Gasteiger partial charge < -0.3 is 15.4 Å². The Hall–Kier alpha value is -1.55. The number of ether oxygens (including phenoxy) is 1. The van der Waals surface area contributed by atoms with Gasteiger partial charge >= 0.3 is 0 Å². The Morgan fingerprint density at radius 1 is 1.35 bits per heavy atom. The second-order valence-corrected chi connectivity index (χ2v) is 5.62. The van der Waals surface area contributed by atoms with Gasteiger partial charge in [0.2, 0.25) is 0 Å². The number of carbonyl (C=O) groups excluding carboxylic acids is 1. The fourth-order valence-corrected chi connectivity index (χ4v) is 2.93. The molecule has 4 nitrogen and oxygen atoms in total. The molecular formula is C16H24N2O2. The average Bonchev–Trinajstić information content (AvgIpc) is 2.47. The van der Waals surface area contributed by atoms with Gasteiger partial charge in [0.1, 0.15) is 5.75 Å². The van der Waals surface area contributed by atoms with Crippen LogP contribution in [0.25, 0.3) is 0 Å². The molecule has 1 aromatic carbocycles. The molecule has 2 rings (SSSR count). The summed E-state index contributed by atoms with van der Waals surface area (Å²) in [5.74, 6) is 0.767. The first-order valence-corrected chi connectivity index (χ1v) is 7.22. The van der Waals surface area contributed by atoms with Crippen molar-refractivity contribution in [1.29, 1.82) is 0 Å². The van der Waals surface area contributed by atoms with Crippen molar-refractivity contribution < 1.29 is 9.53 Å². The third-order valence-electron chi connectivity index (χ3n) is 4.25. The number of likely N-dealkylation sites (N-methyl/N-ethyl adjacent to an activating group) is 1. The van der Waals surface area contributed by atoms with E-state index in [2.05, 4.69) is 0 Å². The summed E-state index contributed by atoms with van der Waals surface area (Å²) >= 11 is 0. The molecule has 0 aromatic heterocycles. The van der Waals surface area contributed by atoms with Crippen molar-refractivity contribution in [2.24, 2.45) is 5.73 Å². The van der Waals surface area contributed by atoms with Gasteiger partial charge in [-0.05, 0) is 37.5 Å². The van der Waals surface area contributed by atoms with E-state index in [1.165, 1.54) is 0 Å². The first-order chi connectivity index (χ1) is 9.54. The SMILES string of the molecule is COc1cc(C(=O)N(C)C2CCCCC2N)ccc1C. The second-order valence-electron chi connectivity index (χ2n) is 5.62. The first-order valence-electron chi connectivity index (χ1n) is 7.22. The number of amides is 1. The van der Waals surface area contributed by atoms with Crippen LogP contribution in [0.2, 0.25) is 0 Å². The van der Waals surface area contributed by atoms with E-state index in [1.54, 1.807) is 12.0 Å². The van der Waals surface area contributed by atoms with Gasteiger partial charge in [0.25, 0.3) is 5.91 Å². The number of nitrogens with two attached hydrogens (primary N) is 1. The fourth-order valence-electron chi connectivity index (χ4n) is 2.93. The molecule has 2 N–H and O–H groups in total. The van der Waals surface area contributed by atoms with Crippen molar-refractivity contribution in [3.63, 3.8) is 0 Å². The maximum atomic E-state index is 12.6. The van der Waals surface area contributed by atoms with Gasteiger partial charge in [-0.1, -0.05) is 18.9 Å². The Labute approximate surface area is 120 Å². The van der Waals surface area contributed by atoms with Crippen LogP contribution in [0.1, 0.15) is 41.6 Å². The van der Waals surface area contributed by atoms with Crippen molar-refractivity contribution >= 4 is 5.91 Å². The fraction of sp³-hybridized carbons (Fsp3) is 0.562. The van der Waals surface area contributed by atoms with Gasteiger partial charge in [0, 0.05) is 24.7 Å². The Bertz CT molecular complexity index is 487. The zero-order valence-electron chi connectivity index (χ0n) is 12.6. The number of nitrogens with zero attached hydrogens (tertiary/aromatic N) is 1. The van der Waals surface area contributed by atoms with E-state index in [0.717, 1.165) is 37.0 Å². The van der Waals surface area contributed by atoms with Crippen LogP contribution < -0.4 is 10.5 Å². The summed E-state index contributed by atoms with van der Waals surface area (Å²) < 4.78 is 5.29. The molecule has 1 fully saturated rings. The molecule has 0 radical (unpaired) electrons. The highest BCUT2D eigenvalue weighted by Crippen LogP contribution is 2.24. The maximum absolute atomic E-state index is 12.6. The molecule has 2 atom stereocenters. The summed E-state index contributed by atoms with van der Waals surface area (Å²) in [6, 6.07) is 5.81. The smallest absolute Gasteiger partial charge is 0.254 e. The summed E-state index contributed by atoms with van der Waals surface area (Å²) in [6.07, 6.45) is 4.30. The summed E-state index contributed by atoms with van der Waals surface area (Å²) in [7, 11) is 3.47. The predicted octanol–water partition coefficient (Wildman–Crippen LogP) is 2.35. The lowest BCUT2D eigenvalue weighted by molar-refractivity contribution is 0.0672. The molecule has 0 spiro atoms. The minimum Gasteiger partial charge on any atom is -0.496 e. The van der Waals surface area contributed by atoms with E-state index >= 15 is 0 Å². The van der Waals surface area contributed by atoms with Gasteiger partial charge in [-0.2, -0.15) is 0 Å². The molecule has 1 saturated carbocycles. The van der Waals surface area contributed by atoms with E-state index in [0.29, 0.717) is 5.56 Å². The summed E-state index contributed by atoms with van der Waals surface area (Å²) in [5.41, 5.74) is 7.85. The van der Waals surface area contributed by atoms with Crippen LogP contribution in [-0.4, -0.2) is 37.0 Å². The van der Waals surface area contributed by atoms with Crippen LogP contribution in [0.5, 0.6) is 5.75 Å². The third kappa shape index (κ3) is 2.96. The lowest BCUT2D eigenvalue weighted by Crippen LogP contribution is -2.50. The monoisotopic (exact) mass is 276 g/mol. The first kappa shape index (κ1) is 14.9. The predicted molar refractivity (Wildman–Crippen MR) is 80.1 cm³/mol. The van der Waals surface area contributed by atoms with Crippen LogP contribution in [0.3, 0.4) is 0 Å². The second kappa shape index (κ2) is 6.27. The molecule has 1 aliphatic rings. The Morgan fingerprint density at radius 3 is 2.70 bits per heavy atom. The summed E-state index contributed by atoms with van der Waals surface area (Å²) in [6.45, 7) is 1.97. The molecule has 1 aromatic rings. The minimum absolute atomic E-state index is 0.0191. The quantitative estimate of drug-likeness (QED) is 0.922. The van der Waals surface area contributed by atoms with E-state index in [1.807, 2.05) is 32.2 Å². The molecule has 0 aliphatic heterocycles. The lowest BCUT2D eigenvalue weighted by Gasteiger charge is -2.36. The molecular weight excluding hydrogens is 252 g/mol. The van der Waals surface area contributed by atoms with E-state index in [-0.39, 0.29) is 18.0 Å². The molecule has 0 bridgehead atoms. The Balaban J connectivity index is 2.17. The molecule has 110 valence electrons. The molecule has 0 saturated heterocycles. The van der Waals surface area contributed by atoms with E-state index in [9.17, 15) is 4.79 Å². The lowest BCUT2D eigenvalue weighted by atomic mass is 9.89. The summed E-state index contributed by atoms with van der Waals surface area (Å²) in [5, 5.41) is 0. The molecule has 0 heterocycles. The molecule has 1 amide bonds. The van der Waals surface area contributed by atoms with Crippen molar-refractivity contribution in [1.82, 2.24) is 4.90 Å². The molecule has 1 aliphatic carbocycles. The van der Waals surface area contributed by atoms with Crippen molar-refractivity contribution in [3.05, 3.63) is 29.3 Å². The van der Waals surface area contributed by atoms with Crippen molar-refractivity contribution in [2.75, 3.05) is 14.2 Å². The van der Waals surface area contributed by atoms with E-state index < -0.39 is 0 Å². The van der Waals surface area contributed by atoms with E-state index in [4.69, 9.17) is 10.5 Å². The number of rotatable bonds is 3. The number of hydrogen-bond donors (Lipinski definition) is 1. The zero-order chi connectivity index (χ0) is 14.7. The number of methoxy groups -OCH3 is 1. The molecule has 4 heteroatoms. The highest BCUT2D eigenvalue weighted by Gasteiger charge is 2.28. The number of carbonyl (C=O) groups is 1. The van der Waals surface area contributed by atoms with Gasteiger partial charge in [0.15, 0.2) is 0 Å². The van der Waals surface area contributed by atoms with Gasteiger partial charge in [-0.15, -0.1) is 0 Å². The van der Waals surface area contributed by atoms with Crippen LogP contribution in [0.15, 0.2) is 18.2 Å².